The highest BCUT2D eigenvalue weighted by Gasteiger charge is 2.09. The number of ether oxygens (including phenoxy) is 1. The first kappa shape index (κ1) is 12.6. The summed E-state index contributed by atoms with van der Waals surface area (Å²) in [6.45, 7) is 0. The number of rotatable bonds is 2. The third-order valence-corrected chi connectivity index (χ3v) is 2.06. The molecule has 1 aromatic heterocycles. The van der Waals surface area contributed by atoms with Crippen LogP contribution >= 0.6 is 32.9 Å². The molecule has 72 valence electrons. The number of alkyl halides is 1. The van der Waals surface area contributed by atoms with Crippen LogP contribution in [0.25, 0.3) is 0 Å². The lowest BCUT2D eigenvalue weighted by molar-refractivity contribution is 0.0599. The summed E-state index contributed by atoms with van der Waals surface area (Å²) in [7, 11) is 1.35. The van der Waals surface area contributed by atoms with E-state index in [0.29, 0.717) is 10.9 Å². The lowest BCUT2D eigenvalue weighted by Gasteiger charge is -2.02. The molecule has 1 rings (SSSR count). The first-order chi connectivity index (χ1) is 5.79. The van der Waals surface area contributed by atoms with Crippen molar-refractivity contribution in [2.75, 3.05) is 7.11 Å². The van der Waals surface area contributed by atoms with E-state index in [0.717, 1.165) is 5.56 Å². The van der Waals surface area contributed by atoms with E-state index >= 15 is 0 Å². The maximum absolute atomic E-state index is 11.1. The molecule has 0 aliphatic heterocycles. The van der Waals surface area contributed by atoms with Gasteiger partial charge in [-0.05, 0) is 11.6 Å². The van der Waals surface area contributed by atoms with Gasteiger partial charge in [0.25, 0.3) is 0 Å². The molecule has 0 aromatic carbocycles. The lowest BCUT2D eigenvalue weighted by Crippen LogP contribution is -2.04. The lowest BCUT2D eigenvalue weighted by atomic mass is 10.2. The molecule has 3 nitrogen and oxygen atoms in total. The van der Waals surface area contributed by atoms with Crippen LogP contribution in [0.15, 0.2) is 18.5 Å². The van der Waals surface area contributed by atoms with E-state index in [1.807, 2.05) is 0 Å². The van der Waals surface area contributed by atoms with Gasteiger partial charge >= 0.3 is 5.97 Å². The van der Waals surface area contributed by atoms with E-state index in [1.54, 1.807) is 12.3 Å². The zero-order valence-electron chi connectivity index (χ0n) is 6.99. The fourth-order valence-electron chi connectivity index (χ4n) is 0.834. The fourth-order valence-corrected chi connectivity index (χ4v) is 1.32. The van der Waals surface area contributed by atoms with Crippen molar-refractivity contribution in [3.63, 3.8) is 0 Å². The van der Waals surface area contributed by atoms with Gasteiger partial charge in [0.2, 0.25) is 0 Å². The van der Waals surface area contributed by atoms with Gasteiger partial charge in [0.15, 0.2) is 0 Å². The van der Waals surface area contributed by atoms with Gasteiger partial charge in [-0.15, -0.1) is 17.0 Å². The molecule has 0 amide bonds. The van der Waals surface area contributed by atoms with Crippen LogP contribution in [0.2, 0.25) is 0 Å². The van der Waals surface area contributed by atoms with Crippen LogP contribution in [-0.2, 0) is 10.1 Å². The summed E-state index contributed by atoms with van der Waals surface area (Å²) < 4.78 is 4.58. The van der Waals surface area contributed by atoms with Crippen molar-refractivity contribution in [1.82, 2.24) is 4.98 Å². The smallest absolute Gasteiger partial charge is 0.339 e. The van der Waals surface area contributed by atoms with Gasteiger partial charge in [-0.2, -0.15) is 0 Å². The molecule has 0 bridgehead atoms. The normalized spacial score (nSPS) is 8.77. The maximum atomic E-state index is 11.1. The Hall–Kier alpha value is -0.420. The van der Waals surface area contributed by atoms with Crippen LogP contribution in [-0.4, -0.2) is 18.1 Å². The second-order valence-electron chi connectivity index (χ2n) is 2.16. The topological polar surface area (TPSA) is 39.2 Å². The number of pyridine rings is 1. The third-order valence-electron chi connectivity index (χ3n) is 1.46. The van der Waals surface area contributed by atoms with E-state index in [4.69, 9.17) is 0 Å². The Kier molecular flexibility index (Phi) is 5.90. The Bertz CT molecular complexity index is 291. The number of nitrogens with zero attached hydrogens (tertiary/aromatic N) is 1. The molecule has 1 aromatic rings. The number of methoxy groups -OCH3 is 1. The molecule has 0 N–H and O–H groups in total. The average Bonchev–Trinajstić information content (AvgIpc) is 2.16. The quantitative estimate of drug-likeness (QED) is 0.622. The Labute approximate surface area is 95.4 Å². The molecule has 13 heavy (non-hydrogen) atoms. The van der Waals surface area contributed by atoms with Gasteiger partial charge in [-0.25, -0.2) is 4.79 Å². The third kappa shape index (κ3) is 3.08. The molecule has 0 aliphatic carbocycles. The van der Waals surface area contributed by atoms with Crippen LogP contribution in [0.1, 0.15) is 15.9 Å². The number of carbonyl (C=O) groups is 1. The van der Waals surface area contributed by atoms with Gasteiger partial charge in [-0.1, -0.05) is 15.9 Å². The molecule has 0 radical (unpaired) electrons. The Morgan fingerprint density at radius 1 is 1.69 bits per heavy atom. The van der Waals surface area contributed by atoms with Crippen molar-refractivity contribution in [3.8, 4) is 0 Å². The number of esters is 1. The van der Waals surface area contributed by atoms with Crippen molar-refractivity contribution in [2.45, 2.75) is 5.33 Å². The molecule has 0 saturated carbocycles. The van der Waals surface area contributed by atoms with Gasteiger partial charge in [0.05, 0.1) is 12.7 Å². The molecule has 0 atom stereocenters. The summed E-state index contributed by atoms with van der Waals surface area (Å²) in [4.78, 5) is 15.0. The van der Waals surface area contributed by atoms with Gasteiger partial charge in [0, 0.05) is 17.7 Å². The highest BCUT2D eigenvalue weighted by Crippen LogP contribution is 2.11. The fraction of sp³-hybridized carbons (Fsp3) is 0.250. The monoisotopic (exact) mass is 309 g/mol. The summed E-state index contributed by atoms with van der Waals surface area (Å²) in [5.41, 5.74) is 1.40. The van der Waals surface area contributed by atoms with E-state index < -0.39 is 0 Å². The Morgan fingerprint density at radius 3 is 2.92 bits per heavy atom. The maximum Gasteiger partial charge on any atom is 0.339 e. The highest BCUT2D eigenvalue weighted by molar-refractivity contribution is 9.08. The second-order valence-corrected chi connectivity index (χ2v) is 2.72. The SMILES string of the molecule is Br.COC(=O)c1cnccc1CBr. The zero-order chi connectivity index (χ0) is 8.97. The number of hydrogen-bond acceptors (Lipinski definition) is 3. The van der Waals surface area contributed by atoms with Crippen LogP contribution in [0.4, 0.5) is 0 Å². The molecule has 0 spiro atoms. The minimum absolute atomic E-state index is 0. The summed E-state index contributed by atoms with van der Waals surface area (Å²) in [5, 5.41) is 0.625. The predicted octanol–water partition coefficient (Wildman–Crippen LogP) is 2.34. The van der Waals surface area contributed by atoms with Crippen LogP contribution in [0, 0.1) is 0 Å². The predicted molar refractivity (Wildman–Crippen MR) is 58.5 cm³/mol. The zero-order valence-corrected chi connectivity index (χ0v) is 10.3. The number of aromatic nitrogens is 1. The van der Waals surface area contributed by atoms with Gasteiger partial charge in [0.1, 0.15) is 0 Å². The molecular formula is C8H9Br2NO2. The molecule has 0 aliphatic rings. The molecule has 1 heterocycles. The average molecular weight is 311 g/mol. The molecular weight excluding hydrogens is 302 g/mol. The van der Waals surface area contributed by atoms with Crippen molar-refractivity contribution < 1.29 is 9.53 Å². The summed E-state index contributed by atoms with van der Waals surface area (Å²) in [6.07, 6.45) is 3.14. The summed E-state index contributed by atoms with van der Waals surface area (Å²) in [5.74, 6) is -0.349. The van der Waals surface area contributed by atoms with Crippen LogP contribution in [0.3, 0.4) is 0 Å². The minimum Gasteiger partial charge on any atom is -0.465 e. The molecule has 0 unspecified atom stereocenters. The Balaban J connectivity index is 0.00000144. The van der Waals surface area contributed by atoms with Crippen LogP contribution < -0.4 is 0 Å². The molecule has 0 fully saturated rings. The van der Waals surface area contributed by atoms with E-state index in [9.17, 15) is 4.79 Å². The van der Waals surface area contributed by atoms with Crippen LogP contribution in [0.5, 0.6) is 0 Å². The first-order valence-electron chi connectivity index (χ1n) is 3.36. The van der Waals surface area contributed by atoms with Crippen molar-refractivity contribution in [1.29, 1.82) is 0 Å². The minimum atomic E-state index is -0.349. The first-order valence-corrected chi connectivity index (χ1v) is 4.49. The molecule has 0 saturated heterocycles. The van der Waals surface area contributed by atoms with Gasteiger partial charge < -0.3 is 4.74 Å². The number of halogens is 2. The number of hydrogen-bond donors (Lipinski definition) is 0. The van der Waals surface area contributed by atoms with E-state index in [-0.39, 0.29) is 23.0 Å². The largest absolute Gasteiger partial charge is 0.465 e. The highest BCUT2D eigenvalue weighted by atomic mass is 79.9. The van der Waals surface area contributed by atoms with E-state index in [2.05, 4.69) is 25.7 Å². The Morgan fingerprint density at radius 2 is 2.38 bits per heavy atom. The summed E-state index contributed by atoms with van der Waals surface area (Å²) in [6, 6.07) is 1.78. The van der Waals surface area contributed by atoms with Crippen molar-refractivity contribution in [3.05, 3.63) is 29.6 Å². The van der Waals surface area contributed by atoms with Crippen molar-refractivity contribution in [2.24, 2.45) is 0 Å². The second kappa shape index (κ2) is 6.10. The number of carbonyl (C=O) groups excluding carboxylic acids is 1. The molecule has 5 heteroatoms. The van der Waals surface area contributed by atoms with Crippen molar-refractivity contribution >= 4 is 38.9 Å². The van der Waals surface area contributed by atoms with Gasteiger partial charge in [-0.3, -0.25) is 4.98 Å². The summed E-state index contributed by atoms with van der Waals surface area (Å²) >= 11 is 3.27. The standard InChI is InChI=1S/C8H8BrNO2.BrH/c1-12-8(11)7-5-10-3-2-6(7)4-9;/h2-3,5H,4H2,1H3;1H. The van der Waals surface area contributed by atoms with E-state index in [1.165, 1.54) is 13.3 Å².